The first-order chi connectivity index (χ1) is 19.1. The van der Waals surface area contributed by atoms with Crippen LogP contribution in [-0.4, -0.2) is 22.3 Å². The van der Waals surface area contributed by atoms with Crippen molar-refractivity contribution in [3.8, 4) is 0 Å². The van der Waals surface area contributed by atoms with Gasteiger partial charge in [-0.3, -0.25) is 20.2 Å². The Labute approximate surface area is 234 Å². The standard InChI is InChI=1S/C32H48N2O5/c35-33(36)31(27-19-9-5-1-3-7-13-21-29-23-15-11-16-24-29)39-32(34(37)38)28-20-10-6-2-4-8-14-22-30-25-17-12-18-26-30/h11-12,15-18,23-26,31-32H,1-10,13-14,19-22,27-28H2. The predicted octanol–water partition coefficient (Wildman–Crippen LogP) is 8.94. The molecule has 2 aromatic rings. The van der Waals surface area contributed by atoms with Crippen molar-refractivity contribution >= 4 is 0 Å². The van der Waals surface area contributed by atoms with Gasteiger partial charge in [-0.15, -0.1) is 0 Å². The summed E-state index contributed by atoms with van der Waals surface area (Å²) in [5.74, 6) is 0. The molecule has 39 heavy (non-hydrogen) atoms. The van der Waals surface area contributed by atoms with Crippen LogP contribution in [0.4, 0.5) is 0 Å². The number of unbranched alkanes of at least 4 members (excludes halogenated alkanes) is 12. The van der Waals surface area contributed by atoms with Crippen LogP contribution in [0.2, 0.25) is 0 Å². The van der Waals surface area contributed by atoms with Gasteiger partial charge < -0.3 is 0 Å². The average molecular weight is 541 g/mol. The monoisotopic (exact) mass is 540 g/mol. The Hall–Kier alpha value is -2.80. The lowest BCUT2D eigenvalue weighted by Crippen LogP contribution is -2.33. The van der Waals surface area contributed by atoms with E-state index < -0.39 is 22.3 Å². The number of aryl methyl sites for hydroxylation is 2. The first-order valence-corrected chi connectivity index (χ1v) is 15.1. The maximum Gasteiger partial charge on any atom is 0.320 e. The Bertz CT molecular complexity index is 820. The minimum absolute atomic E-state index is 0.230. The van der Waals surface area contributed by atoms with Gasteiger partial charge in [-0.2, -0.15) is 0 Å². The van der Waals surface area contributed by atoms with Crippen LogP contribution >= 0.6 is 0 Å². The van der Waals surface area contributed by atoms with Gasteiger partial charge in [-0.25, -0.2) is 4.74 Å². The molecule has 0 radical (unpaired) electrons. The van der Waals surface area contributed by atoms with Crippen LogP contribution in [0.25, 0.3) is 0 Å². The van der Waals surface area contributed by atoms with Crippen molar-refractivity contribution in [2.45, 2.75) is 128 Å². The van der Waals surface area contributed by atoms with E-state index in [2.05, 4.69) is 48.5 Å². The van der Waals surface area contributed by atoms with Gasteiger partial charge in [0.1, 0.15) is 0 Å². The molecular formula is C32H48N2O5. The molecule has 0 aliphatic carbocycles. The molecule has 0 aliphatic rings. The third-order valence-electron chi connectivity index (χ3n) is 7.30. The van der Waals surface area contributed by atoms with E-state index in [4.69, 9.17) is 4.74 Å². The van der Waals surface area contributed by atoms with E-state index in [9.17, 15) is 20.2 Å². The van der Waals surface area contributed by atoms with Gasteiger partial charge in [0.15, 0.2) is 0 Å². The van der Waals surface area contributed by atoms with Crippen LogP contribution in [0.15, 0.2) is 60.7 Å². The number of benzene rings is 2. The van der Waals surface area contributed by atoms with Gasteiger partial charge in [0.05, 0.1) is 9.85 Å². The number of nitrogens with zero attached hydrogens (tertiary/aromatic N) is 2. The summed E-state index contributed by atoms with van der Waals surface area (Å²) in [6, 6.07) is 21.0. The molecule has 2 rings (SSSR count). The Morgan fingerprint density at radius 3 is 1.13 bits per heavy atom. The van der Waals surface area contributed by atoms with Crippen molar-refractivity contribution in [3.05, 3.63) is 92.0 Å². The van der Waals surface area contributed by atoms with Crippen LogP contribution in [-0.2, 0) is 17.6 Å². The normalized spacial score (nSPS) is 12.7. The highest BCUT2D eigenvalue weighted by Crippen LogP contribution is 2.18. The summed E-state index contributed by atoms with van der Waals surface area (Å²) in [6.45, 7) is 0. The second kappa shape index (κ2) is 21.1. The molecule has 0 heterocycles. The molecule has 0 amide bonds. The summed E-state index contributed by atoms with van der Waals surface area (Å²) >= 11 is 0. The zero-order valence-electron chi connectivity index (χ0n) is 23.6. The molecule has 2 unspecified atom stereocenters. The Morgan fingerprint density at radius 2 is 0.795 bits per heavy atom. The van der Waals surface area contributed by atoms with E-state index in [1.807, 2.05) is 12.1 Å². The number of hydrogen-bond acceptors (Lipinski definition) is 5. The third kappa shape index (κ3) is 16.0. The fraction of sp³-hybridized carbons (Fsp3) is 0.625. The minimum atomic E-state index is -1.30. The molecule has 0 aliphatic heterocycles. The van der Waals surface area contributed by atoms with E-state index in [0.717, 1.165) is 51.4 Å². The summed E-state index contributed by atoms with van der Waals surface area (Å²) in [5.41, 5.74) is 2.75. The van der Waals surface area contributed by atoms with Crippen LogP contribution in [0.3, 0.4) is 0 Å². The van der Waals surface area contributed by atoms with E-state index >= 15 is 0 Å². The van der Waals surface area contributed by atoms with Gasteiger partial charge >= 0.3 is 12.5 Å². The molecular weight excluding hydrogens is 492 g/mol. The van der Waals surface area contributed by atoms with Gasteiger partial charge in [0.2, 0.25) is 0 Å². The summed E-state index contributed by atoms with van der Waals surface area (Å²) < 4.78 is 5.38. The zero-order valence-corrected chi connectivity index (χ0v) is 23.6. The Balaban J connectivity index is 1.49. The third-order valence-corrected chi connectivity index (χ3v) is 7.30. The lowest BCUT2D eigenvalue weighted by Gasteiger charge is -2.14. The first kappa shape index (κ1) is 32.4. The maximum atomic E-state index is 11.5. The summed E-state index contributed by atoms with van der Waals surface area (Å²) in [6.07, 6.45) is 14.5. The number of hydrogen-bond donors (Lipinski definition) is 0. The molecule has 7 nitrogen and oxygen atoms in total. The van der Waals surface area contributed by atoms with Gasteiger partial charge in [0.25, 0.3) is 0 Å². The van der Waals surface area contributed by atoms with Crippen molar-refractivity contribution in [1.29, 1.82) is 0 Å². The quantitative estimate of drug-likeness (QED) is 0.0573. The second-order valence-electron chi connectivity index (χ2n) is 10.6. The Morgan fingerprint density at radius 1 is 0.487 bits per heavy atom. The lowest BCUT2D eigenvalue weighted by molar-refractivity contribution is -0.647. The molecule has 0 saturated carbocycles. The largest absolute Gasteiger partial charge is 0.320 e. The fourth-order valence-electron chi connectivity index (χ4n) is 4.98. The molecule has 0 bridgehead atoms. The molecule has 2 aromatic carbocycles. The van der Waals surface area contributed by atoms with Gasteiger partial charge in [0, 0.05) is 12.8 Å². The molecule has 0 N–H and O–H groups in total. The molecule has 0 saturated heterocycles. The second-order valence-corrected chi connectivity index (χ2v) is 10.6. The van der Waals surface area contributed by atoms with Crippen molar-refractivity contribution in [2.75, 3.05) is 0 Å². The molecule has 0 fully saturated rings. The highest BCUT2D eigenvalue weighted by molar-refractivity contribution is 5.15. The van der Waals surface area contributed by atoms with E-state index in [1.54, 1.807) is 0 Å². The summed E-state index contributed by atoms with van der Waals surface area (Å²) in [7, 11) is 0. The van der Waals surface area contributed by atoms with E-state index in [1.165, 1.54) is 49.7 Å². The first-order valence-electron chi connectivity index (χ1n) is 15.1. The predicted molar refractivity (Wildman–Crippen MR) is 157 cm³/mol. The highest BCUT2D eigenvalue weighted by atomic mass is 16.7. The van der Waals surface area contributed by atoms with E-state index in [-0.39, 0.29) is 12.8 Å². The molecule has 2 atom stereocenters. The minimum Gasteiger partial charge on any atom is -0.262 e. The Kier molecular flexibility index (Phi) is 17.5. The zero-order chi connectivity index (χ0) is 28.0. The van der Waals surface area contributed by atoms with Crippen molar-refractivity contribution in [1.82, 2.24) is 0 Å². The van der Waals surface area contributed by atoms with Crippen LogP contribution in [0, 0.1) is 20.2 Å². The molecule has 216 valence electrons. The van der Waals surface area contributed by atoms with Gasteiger partial charge in [-0.1, -0.05) is 125 Å². The van der Waals surface area contributed by atoms with Crippen LogP contribution in [0.5, 0.6) is 0 Å². The number of nitro groups is 2. The number of rotatable bonds is 24. The molecule has 7 heteroatoms. The smallest absolute Gasteiger partial charge is 0.262 e. The van der Waals surface area contributed by atoms with Crippen molar-refractivity contribution < 1.29 is 14.6 Å². The summed E-state index contributed by atoms with van der Waals surface area (Å²) in [4.78, 5) is 21.9. The highest BCUT2D eigenvalue weighted by Gasteiger charge is 2.31. The van der Waals surface area contributed by atoms with Crippen LogP contribution < -0.4 is 0 Å². The SMILES string of the molecule is O=[N+]([O-])C(CCCCCCCCCc1ccccc1)OC(CCCCCCCCCc1ccccc1)[N+](=O)[O-]. The van der Waals surface area contributed by atoms with Crippen molar-refractivity contribution in [2.24, 2.45) is 0 Å². The van der Waals surface area contributed by atoms with Crippen molar-refractivity contribution in [3.63, 3.8) is 0 Å². The molecule has 0 spiro atoms. The fourth-order valence-corrected chi connectivity index (χ4v) is 4.98. The summed E-state index contributed by atoms with van der Waals surface area (Å²) in [5, 5.41) is 22.9. The van der Waals surface area contributed by atoms with Gasteiger partial charge in [-0.05, 0) is 49.7 Å². The number of ether oxygens (including phenoxy) is 1. The topological polar surface area (TPSA) is 95.5 Å². The van der Waals surface area contributed by atoms with Crippen LogP contribution in [0.1, 0.15) is 114 Å². The van der Waals surface area contributed by atoms with E-state index in [0.29, 0.717) is 12.8 Å². The lowest BCUT2D eigenvalue weighted by atomic mass is 10.0. The average Bonchev–Trinajstić information content (AvgIpc) is 2.94. The molecule has 0 aromatic heterocycles. The maximum absolute atomic E-state index is 11.5.